The average molecular weight is 545 g/mol. The Balaban J connectivity index is 1.33. The van der Waals surface area contributed by atoms with E-state index in [4.69, 9.17) is 14.4 Å². The Kier molecular flexibility index (Phi) is 7.92. The summed E-state index contributed by atoms with van der Waals surface area (Å²) in [6.07, 6.45) is 5.56. The van der Waals surface area contributed by atoms with Gasteiger partial charge in [0, 0.05) is 29.7 Å². The first-order valence-corrected chi connectivity index (χ1v) is 12.8. The number of alkyl halides is 3. The molecule has 9 nitrogen and oxygen atoms in total. The molecule has 2 saturated carbocycles. The maximum Gasteiger partial charge on any atom is 0.573 e. The van der Waals surface area contributed by atoms with Crippen LogP contribution < -0.4 is 4.74 Å². The van der Waals surface area contributed by atoms with E-state index in [1.165, 1.54) is 30.8 Å². The van der Waals surface area contributed by atoms with E-state index in [1.807, 2.05) is 0 Å². The van der Waals surface area contributed by atoms with Gasteiger partial charge in [-0.3, -0.25) is 0 Å². The Morgan fingerprint density at radius 2 is 1.97 bits per heavy atom. The highest BCUT2D eigenvalue weighted by atomic mass is 19.4. The van der Waals surface area contributed by atoms with Gasteiger partial charge in [-0.15, -0.1) is 13.2 Å². The summed E-state index contributed by atoms with van der Waals surface area (Å²) < 4.78 is 55.4. The maximum absolute atomic E-state index is 13.1. The Hall–Kier alpha value is -3.80. The highest BCUT2D eigenvalue weighted by Gasteiger charge is 2.36. The molecule has 3 aromatic rings. The molecule has 0 bridgehead atoms. The predicted octanol–water partition coefficient (Wildman–Crippen LogP) is 6.47. The van der Waals surface area contributed by atoms with Crippen LogP contribution in [0.25, 0.3) is 11.3 Å². The van der Waals surface area contributed by atoms with Crippen molar-refractivity contribution in [3.8, 4) is 17.0 Å². The molecule has 1 N–H and O–H groups in total. The second kappa shape index (κ2) is 11.5. The van der Waals surface area contributed by atoms with Crippen molar-refractivity contribution in [1.29, 1.82) is 0 Å². The summed E-state index contributed by atoms with van der Waals surface area (Å²) in [5.41, 5.74) is 0.922. The van der Waals surface area contributed by atoms with Gasteiger partial charge in [-0.25, -0.2) is 19.8 Å². The standard InChI is InChI=1S/C27H27F3N4O5/c28-27(29,30)38-22-7-2-1-6-19(22)24-20(25(39-34-24)17-8-9-17)15-37-18(12-16-4-3-5-16)10-11-31-23-14-32-21(13-33-23)26(35)36/h1-2,6-7,11,13-14,16-18H,3-5,8-10,12,15H2,(H,35,36). The number of carboxylic acid groups (broad SMARTS) is 1. The molecule has 2 aromatic heterocycles. The fourth-order valence-electron chi connectivity index (χ4n) is 4.51. The number of hydrogen-bond acceptors (Lipinski definition) is 8. The highest BCUT2D eigenvalue weighted by Crippen LogP contribution is 2.46. The number of aliphatic imine (C=N–C) groups is 1. The first-order chi connectivity index (χ1) is 18.8. The normalized spacial score (nSPS) is 16.8. The van der Waals surface area contributed by atoms with Crippen LogP contribution in [0.5, 0.6) is 5.75 Å². The lowest BCUT2D eigenvalue weighted by molar-refractivity contribution is -0.274. The van der Waals surface area contributed by atoms with Gasteiger partial charge in [0.1, 0.15) is 17.2 Å². The number of aromatic carboxylic acids is 1. The monoisotopic (exact) mass is 544 g/mol. The molecule has 2 aliphatic carbocycles. The maximum atomic E-state index is 13.1. The summed E-state index contributed by atoms with van der Waals surface area (Å²) in [6.45, 7) is 0.114. The summed E-state index contributed by atoms with van der Waals surface area (Å²) in [5.74, 6) is 0.0920. The van der Waals surface area contributed by atoms with E-state index in [0.29, 0.717) is 23.7 Å². The van der Waals surface area contributed by atoms with E-state index in [1.54, 1.807) is 12.3 Å². The smallest absolute Gasteiger partial charge is 0.476 e. The van der Waals surface area contributed by atoms with E-state index in [0.717, 1.165) is 38.3 Å². The third kappa shape index (κ3) is 6.99. The molecule has 0 saturated heterocycles. The summed E-state index contributed by atoms with van der Waals surface area (Å²) in [6, 6.07) is 5.86. The third-order valence-electron chi connectivity index (χ3n) is 6.87. The molecule has 5 rings (SSSR count). The van der Waals surface area contributed by atoms with E-state index >= 15 is 0 Å². The number of benzene rings is 1. The molecule has 2 aliphatic rings. The van der Waals surface area contributed by atoms with Gasteiger partial charge in [-0.05, 0) is 37.3 Å². The minimum absolute atomic E-state index is 0.114. The van der Waals surface area contributed by atoms with Gasteiger partial charge in [0.15, 0.2) is 11.5 Å². The Morgan fingerprint density at radius 1 is 1.18 bits per heavy atom. The predicted molar refractivity (Wildman–Crippen MR) is 133 cm³/mol. The van der Waals surface area contributed by atoms with Gasteiger partial charge in [-0.2, -0.15) is 0 Å². The number of hydrogen-bond donors (Lipinski definition) is 1. The van der Waals surface area contributed by atoms with E-state index in [2.05, 4.69) is 24.9 Å². The zero-order valence-corrected chi connectivity index (χ0v) is 20.9. The second-order valence-corrected chi connectivity index (χ2v) is 9.77. The first kappa shape index (κ1) is 26.8. The Bertz CT molecular complexity index is 1320. The van der Waals surface area contributed by atoms with Crippen LogP contribution in [0, 0.1) is 5.92 Å². The molecule has 1 atom stereocenters. The minimum Gasteiger partial charge on any atom is -0.476 e. The summed E-state index contributed by atoms with van der Waals surface area (Å²) in [4.78, 5) is 23.0. The van der Waals surface area contributed by atoms with Crippen LogP contribution in [0.2, 0.25) is 0 Å². The molecule has 0 aliphatic heterocycles. The minimum atomic E-state index is -4.85. The number of aromatic nitrogens is 3. The molecule has 2 heterocycles. The zero-order chi connectivity index (χ0) is 27.4. The van der Waals surface area contributed by atoms with Crippen molar-refractivity contribution in [2.24, 2.45) is 10.9 Å². The summed E-state index contributed by atoms with van der Waals surface area (Å²) in [5, 5.41) is 13.1. The number of rotatable bonds is 12. The van der Waals surface area contributed by atoms with Gasteiger partial charge in [0.2, 0.25) is 0 Å². The van der Waals surface area contributed by atoms with Crippen LogP contribution in [-0.4, -0.2) is 44.9 Å². The van der Waals surface area contributed by atoms with Crippen LogP contribution in [0.4, 0.5) is 19.0 Å². The number of carbonyl (C=O) groups is 1. The molecule has 0 spiro atoms. The number of para-hydroxylation sites is 1. The fraction of sp³-hybridized carbons (Fsp3) is 0.444. The van der Waals surface area contributed by atoms with Crippen LogP contribution in [0.3, 0.4) is 0 Å². The molecule has 2 fully saturated rings. The summed E-state index contributed by atoms with van der Waals surface area (Å²) >= 11 is 0. The lowest BCUT2D eigenvalue weighted by Gasteiger charge is -2.29. The number of ether oxygens (including phenoxy) is 2. The topological polar surface area (TPSA) is 120 Å². The largest absolute Gasteiger partial charge is 0.573 e. The summed E-state index contributed by atoms with van der Waals surface area (Å²) in [7, 11) is 0. The van der Waals surface area contributed by atoms with Crippen LogP contribution in [0.1, 0.15) is 72.7 Å². The fourth-order valence-corrected chi connectivity index (χ4v) is 4.51. The SMILES string of the molecule is O=C(O)c1cnc(N=CCC(CC2CCC2)OCc2c(-c3ccccc3OC(F)(F)F)noc2C2CC2)cn1. The van der Waals surface area contributed by atoms with Crippen molar-refractivity contribution < 1.29 is 37.1 Å². The lowest BCUT2D eigenvalue weighted by atomic mass is 9.81. The molecule has 12 heteroatoms. The Morgan fingerprint density at radius 3 is 2.62 bits per heavy atom. The highest BCUT2D eigenvalue weighted by molar-refractivity contribution is 5.84. The van der Waals surface area contributed by atoms with Gasteiger partial charge < -0.3 is 19.1 Å². The zero-order valence-electron chi connectivity index (χ0n) is 20.9. The average Bonchev–Trinajstić information content (AvgIpc) is 3.63. The van der Waals surface area contributed by atoms with Crippen LogP contribution >= 0.6 is 0 Å². The third-order valence-corrected chi connectivity index (χ3v) is 6.87. The van der Waals surface area contributed by atoms with Gasteiger partial charge in [0.05, 0.1) is 25.1 Å². The molecule has 39 heavy (non-hydrogen) atoms. The van der Waals surface area contributed by atoms with Crippen LogP contribution in [-0.2, 0) is 11.3 Å². The molecule has 0 amide bonds. The second-order valence-electron chi connectivity index (χ2n) is 9.77. The number of carboxylic acids is 1. The van der Waals surface area contributed by atoms with Crippen LogP contribution in [0.15, 0.2) is 46.2 Å². The molecular weight excluding hydrogens is 517 g/mol. The molecular formula is C27H27F3N4O5. The molecule has 0 radical (unpaired) electrons. The molecule has 1 unspecified atom stereocenters. The van der Waals surface area contributed by atoms with Gasteiger partial charge in [-0.1, -0.05) is 36.6 Å². The van der Waals surface area contributed by atoms with Crippen molar-refractivity contribution in [3.63, 3.8) is 0 Å². The van der Waals surface area contributed by atoms with E-state index in [-0.39, 0.29) is 47.1 Å². The van der Waals surface area contributed by atoms with E-state index in [9.17, 15) is 18.0 Å². The van der Waals surface area contributed by atoms with Crippen molar-refractivity contribution >= 4 is 18.0 Å². The molecule has 1 aromatic carbocycles. The van der Waals surface area contributed by atoms with Gasteiger partial charge in [0.25, 0.3) is 0 Å². The van der Waals surface area contributed by atoms with Crippen molar-refractivity contribution in [2.75, 3.05) is 0 Å². The molecule has 206 valence electrons. The quantitative estimate of drug-likeness (QED) is 0.258. The van der Waals surface area contributed by atoms with Crippen molar-refractivity contribution in [1.82, 2.24) is 15.1 Å². The van der Waals surface area contributed by atoms with Crippen molar-refractivity contribution in [3.05, 3.63) is 53.7 Å². The van der Waals surface area contributed by atoms with E-state index < -0.39 is 12.3 Å². The van der Waals surface area contributed by atoms with Gasteiger partial charge >= 0.3 is 12.3 Å². The van der Waals surface area contributed by atoms with Crippen molar-refractivity contribution in [2.45, 2.75) is 69.9 Å². The Labute approximate surface area is 222 Å². The number of halogens is 3. The first-order valence-electron chi connectivity index (χ1n) is 12.8. The lowest BCUT2D eigenvalue weighted by Crippen LogP contribution is -2.22. The number of nitrogens with zero attached hydrogens (tertiary/aromatic N) is 4.